The van der Waals surface area contributed by atoms with E-state index in [9.17, 15) is 17.6 Å². The fourth-order valence-electron chi connectivity index (χ4n) is 2.56. The number of hydrogen-bond acceptors (Lipinski definition) is 3. The van der Waals surface area contributed by atoms with Crippen molar-refractivity contribution in [1.82, 2.24) is 0 Å². The van der Waals surface area contributed by atoms with Crippen molar-refractivity contribution in [1.29, 1.82) is 0 Å². The smallest absolute Gasteiger partial charge is 0.262 e. The van der Waals surface area contributed by atoms with Crippen LogP contribution in [0.3, 0.4) is 0 Å². The lowest BCUT2D eigenvalue weighted by Gasteiger charge is -2.18. The second-order valence-corrected chi connectivity index (χ2v) is 10.5. The molecule has 0 bridgehead atoms. The first kappa shape index (κ1) is 21.7. The van der Waals surface area contributed by atoms with E-state index in [1.165, 1.54) is 25.1 Å². The van der Waals surface area contributed by atoms with Crippen LogP contribution in [-0.4, -0.2) is 14.3 Å². The zero-order valence-corrected chi connectivity index (χ0v) is 18.4. The van der Waals surface area contributed by atoms with Crippen molar-refractivity contribution in [3.63, 3.8) is 0 Å². The van der Waals surface area contributed by atoms with E-state index in [1.54, 1.807) is 24.3 Å². The standard InChI is InChI=1S/C18H23FN2O3P2S/c1-11(2)16-10-14(20-12(3)22)7-8-17(16)27(23,24)21-15-6-4-5-13(9-15)18(19,25)26/h4-11,21H,25-26H2,1-3H3,(H,20,22). The topological polar surface area (TPSA) is 75.3 Å². The van der Waals surface area contributed by atoms with Gasteiger partial charge < -0.3 is 5.32 Å². The van der Waals surface area contributed by atoms with Gasteiger partial charge in [0.25, 0.3) is 10.0 Å². The van der Waals surface area contributed by atoms with E-state index in [0.717, 1.165) is 0 Å². The van der Waals surface area contributed by atoms with Gasteiger partial charge in [0.05, 0.1) is 4.90 Å². The summed E-state index contributed by atoms with van der Waals surface area (Å²) in [6.45, 7) is 5.12. The summed E-state index contributed by atoms with van der Waals surface area (Å²) in [6.07, 6.45) is 0. The first-order valence-corrected chi connectivity index (χ1v) is 10.9. The lowest BCUT2D eigenvalue weighted by atomic mass is 10.0. The fourth-order valence-corrected chi connectivity index (χ4v) is 4.32. The van der Waals surface area contributed by atoms with Gasteiger partial charge in [-0.15, -0.1) is 0 Å². The van der Waals surface area contributed by atoms with Crippen LogP contribution in [0, 0.1) is 0 Å². The number of rotatable bonds is 6. The zero-order chi connectivity index (χ0) is 20.4. The summed E-state index contributed by atoms with van der Waals surface area (Å²) in [5, 5.41) is 0.907. The molecule has 146 valence electrons. The minimum atomic E-state index is -3.90. The van der Waals surface area contributed by atoms with Crippen molar-refractivity contribution >= 4 is 45.8 Å². The van der Waals surface area contributed by atoms with Gasteiger partial charge in [0, 0.05) is 18.3 Å². The molecule has 2 rings (SSSR count). The van der Waals surface area contributed by atoms with Gasteiger partial charge in [-0.1, -0.05) is 44.5 Å². The molecule has 2 atom stereocenters. The van der Waals surface area contributed by atoms with Gasteiger partial charge in [0.2, 0.25) is 5.91 Å². The van der Waals surface area contributed by atoms with Gasteiger partial charge in [-0.25, -0.2) is 12.8 Å². The highest BCUT2D eigenvalue weighted by atomic mass is 32.2. The summed E-state index contributed by atoms with van der Waals surface area (Å²) in [7, 11) is 0.203. The molecule has 0 heterocycles. The van der Waals surface area contributed by atoms with Crippen LogP contribution in [0.1, 0.15) is 37.8 Å². The highest BCUT2D eigenvalue weighted by Gasteiger charge is 2.23. The Bertz CT molecular complexity index is 957. The number of carbonyl (C=O) groups is 1. The van der Waals surface area contributed by atoms with E-state index in [0.29, 0.717) is 16.8 Å². The molecule has 2 aromatic rings. The van der Waals surface area contributed by atoms with Crippen molar-refractivity contribution in [2.24, 2.45) is 0 Å². The molecule has 1 amide bonds. The molecule has 2 aromatic carbocycles. The average molecular weight is 428 g/mol. The largest absolute Gasteiger partial charge is 0.326 e. The highest BCUT2D eigenvalue weighted by molar-refractivity contribution is 7.92. The number of benzene rings is 2. The Labute approximate surface area is 164 Å². The minimum Gasteiger partial charge on any atom is -0.326 e. The quantitative estimate of drug-likeness (QED) is 0.670. The summed E-state index contributed by atoms with van der Waals surface area (Å²) < 4.78 is 42.4. The van der Waals surface area contributed by atoms with Crippen LogP contribution < -0.4 is 10.0 Å². The SMILES string of the molecule is CC(=O)Nc1ccc(S(=O)(=O)Nc2cccc(C(F)(P)P)c2)c(C(C)C)c1. The maximum absolute atomic E-state index is 14.1. The van der Waals surface area contributed by atoms with Crippen molar-refractivity contribution in [2.75, 3.05) is 10.0 Å². The van der Waals surface area contributed by atoms with E-state index in [1.807, 2.05) is 32.3 Å². The first-order chi connectivity index (χ1) is 12.4. The van der Waals surface area contributed by atoms with Gasteiger partial charge in [-0.3, -0.25) is 9.52 Å². The normalized spacial score (nSPS) is 12.1. The van der Waals surface area contributed by atoms with Crippen molar-refractivity contribution in [3.8, 4) is 0 Å². The molecule has 0 aromatic heterocycles. The first-order valence-electron chi connectivity index (χ1n) is 8.21. The molecule has 0 aliphatic carbocycles. The molecule has 2 unspecified atom stereocenters. The maximum atomic E-state index is 14.1. The number of alkyl halides is 1. The zero-order valence-electron chi connectivity index (χ0n) is 15.3. The average Bonchev–Trinajstić information content (AvgIpc) is 2.53. The van der Waals surface area contributed by atoms with Crippen LogP contribution in [-0.2, 0) is 20.0 Å². The Morgan fingerprint density at radius 1 is 1.11 bits per heavy atom. The van der Waals surface area contributed by atoms with Gasteiger partial charge in [0.1, 0.15) is 0 Å². The predicted molar refractivity (Wildman–Crippen MR) is 114 cm³/mol. The van der Waals surface area contributed by atoms with Crippen LogP contribution in [0.25, 0.3) is 0 Å². The molecular formula is C18H23FN2O3P2S. The minimum absolute atomic E-state index is 0.0887. The van der Waals surface area contributed by atoms with Crippen LogP contribution in [0.15, 0.2) is 47.4 Å². The second-order valence-electron chi connectivity index (χ2n) is 6.54. The van der Waals surface area contributed by atoms with Crippen molar-refractivity contribution in [3.05, 3.63) is 53.6 Å². The number of sulfonamides is 1. The van der Waals surface area contributed by atoms with Gasteiger partial charge in [0.15, 0.2) is 5.15 Å². The number of anilines is 2. The second kappa shape index (κ2) is 8.22. The van der Waals surface area contributed by atoms with Crippen LogP contribution >= 0.6 is 18.5 Å². The van der Waals surface area contributed by atoms with Crippen molar-refractivity contribution in [2.45, 2.75) is 36.7 Å². The molecule has 0 saturated heterocycles. The molecule has 0 radical (unpaired) electrons. The van der Waals surface area contributed by atoms with E-state index >= 15 is 0 Å². The fraction of sp³-hybridized carbons (Fsp3) is 0.278. The summed E-state index contributed by atoms with van der Waals surface area (Å²) in [5.74, 6) is -0.325. The Kier molecular flexibility index (Phi) is 6.62. The van der Waals surface area contributed by atoms with Crippen LogP contribution in [0.2, 0.25) is 0 Å². The molecule has 9 heteroatoms. The summed E-state index contributed by atoms with van der Waals surface area (Å²) in [6, 6.07) is 10.8. The molecule has 27 heavy (non-hydrogen) atoms. The third kappa shape index (κ3) is 5.71. The molecule has 0 aliphatic heterocycles. The number of hydrogen-bond donors (Lipinski definition) is 2. The summed E-state index contributed by atoms with van der Waals surface area (Å²) in [5.41, 5.74) is 1.67. The molecule has 0 spiro atoms. The van der Waals surface area contributed by atoms with E-state index in [4.69, 9.17) is 0 Å². The number of carbonyl (C=O) groups excluding carboxylic acids is 1. The number of amides is 1. The molecular weight excluding hydrogens is 405 g/mol. The molecule has 5 nitrogen and oxygen atoms in total. The molecule has 0 fully saturated rings. The lowest BCUT2D eigenvalue weighted by molar-refractivity contribution is -0.114. The van der Waals surface area contributed by atoms with E-state index < -0.39 is 15.2 Å². The monoisotopic (exact) mass is 428 g/mol. The van der Waals surface area contributed by atoms with Crippen molar-refractivity contribution < 1.29 is 17.6 Å². The predicted octanol–water partition coefficient (Wildman–Crippen LogP) is 4.40. The Morgan fingerprint density at radius 2 is 1.78 bits per heavy atom. The van der Waals surface area contributed by atoms with Gasteiger partial charge in [-0.05, 0) is 47.4 Å². The Morgan fingerprint density at radius 3 is 2.33 bits per heavy atom. The van der Waals surface area contributed by atoms with Gasteiger partial charge in [-0.2, -0.15) is 0 Å². The number of nitrogens with one attached hydrogen (secondary N) is 2. The third-order valence-electron chi connectivity index (χ3n) is 3.80. The van der Waals surface area contributed by atoms with Crippen LogP contribution in [0.4, 0.5) is 15.8 Å². The van der Waals surface area contributed by atoms with E-state index in [2.05, 4.69) is 10.0 Å². The Hall–Kier alpha value is -1.55. The molecule has 0 aliphatic rings. The van der Waals surface area contributed by atoms with Gasteiger partial charge >= 0.3 is 0 Å². The third-order valence-corrected chi connectivity index (χ3v) is 5.92. The summed E-state index contributed by atoms with van der Waals surface area (Å²) in [4.78, 5) is 11.4. The summed E-state index contributed by atoms with van der Waals surface area (Å²) >= 11 is 0. The molecule has 0 saturated carbocycles. The Balaban J connectivity index is 2.43. The van der Waals surface area contributed by atoms with Crippen LogP contribution in [0.5, 0.6) is 0 Å². The highest BCUT2D eigenvalue weighted by Crippen LogP contribution is 2.41. The maximum Gasteiger partial charge on any atom is 0.262 e. The van der Waals surface area contributed by atoms with E-state index in [-0.39, 0.29) is 22.4 Å². The number of halogens is 1. The lowest BCUT2D eigenvalue weighted by Crippen LogP contribution is -2.16. The molecule has 2 N–H and O–H groups in total.